The number of fused-ring (bicyclic) bond motifs is 2. The van der Waals surface area contributed by atoms with Crippen LogP contribution in [0.2, 0.25) is 0 Å². The lowest BCUT2D eigenvalue weighted by Gasteiger charge is -2.37. The number of furan rings is 2. The normalized spacial score (nSPS) is 18.7. The summed E-state index contributed by atoms with van der Waals surface area (Å²) < 4.78 is 27.0. The molecule has 0 aliphatic heterocycles. The van der Waals surface area contributed by atoms with Gasteiger partial charge in [0.15, 0.2) is 11.5 Å². The van der Waals surface area contributed by atoms with Crippen LogP contribution in [0.25, 0.3) is 21.9 Å². The monoisotopic (exact) mass is 620 g/mol. The van der Waals surface area contributed by atoms with Crippen molar-refractivity contribution >= 4 is 45.5 Å². The van der Waals surface area contributed by atoms with Crippen LogP contribution in [0.1, 0.15) is 81.4 Å². The Kier molecular flexibility index (Phi) is 10.4. The van der Waals surface area contributed by atoms with E-state index in [1.165, 1.54) is 0 Å². The van der Waals surface area contributed by atoms with Crippen molar-refractivity contribution in [3.8, 4) is 11.5 Å². The first-order valence-corrected chi connectivity index (χ1v) is 16.8. The van der Waals surface area contributed by atoms with E-state index in [-0.39, 0.29) is 41.7 Å². The lowest BCUT2D eigenvalue weighted by atomic mass is 9.88. The molecule has 1 aliphatic rings. The molecule has 2 N–H and O–H groups in total. The average molecular weight is 621 g/mol. The van der Waals surface area contributed by atoms with Gasteiger partial charge >= 0.3 is 0 Å². The Morgan fingerprint density at radius 2 is 1.48 bits per heavy atom. The van der Waals surface area contributed by atoms with Crippen LogP contribution < -0.4 is 19.5 Å². The standard InChI is InChI=1S/C35H44N2O6S/c1-20(2)34(38)32-15-25-14-28(10-12-30(25)42-32)41-29-17-26(18-29)37-22(4)8-7-21(3)35(39)33-16-24-13-27(9-11-31(24)43-33)40-23(5)19-36-44-6/h9-16,20-23,26,29,36-37H,7-8,17-19H2,1-6H3/t21?,22?,23-,26?,29?/m1/s1. The number of ketones is 2. The van der Waals surface area contributed by atoms with Gasteiger partial charge in [0.2, 0.25) is 11.6 Å². The van der Waals surface area contributed by atoms with Gasteiger partial charge in [-0.05, 0) is 94.3 Å². The predicted octanol–water partition coefficient (Wildman–Crippen LogP) is 7.84. The summed E-state index contributed by atoms with van der Waals surface area (Å²) >= 11 is 1.57. The van der Waals surface area contributed by atoms with E-state index in [1.807, 2.05) is 76.4 Å². The molecule has 4 aromatic rings. The molecule has 2 heterocycles. The number of nitrogens with one attached hydrogen (secondary N) is 2. The number of hydrogen-bond donors (Lipinski definition) is 2. The summed E-state index contributed by atoms with van der Waals surface area (Å²) in [5, 5.41) is 5.44. The number of carbonyl (C=O) groups excluding carboxylic acids is 2. The number of Topliss-reactive ketones (excluding diaryl/α,β-unsaturated/α-hetero) is 2. The molecule has 1 fully saturated rings. The van der Waals surface area contributed by atoms with E-state index < -0.39 is 0 Å². The molecule has 5 rings (SSSR count). The predicted molar refractivity (Wildman–Crippen MR) is 176 cm³/mol. The van der Waals surface area contributed by atoms with Gasteiger partial charge in [-0.1, -0.05) is 32.7 Å². The molecular weight excluding hydrogens is 576 g/mol. The fourth-order valence-corrected chi connectivity index (χ4v) is 5.94. The van der Waals surface area contributed by atoms with E-state index in [1.54, 1.807) is 18.0 Å². The van der Waals surface area contributed by atoms with Crippen LogP contribution >= 0.6 is 11.9 Å². The van der Waals surface area contributed by atoms with Crippen LogP contribution in [0.4, 0.5) is 0 Å². The third-order valence-electron chi connectivity index (χ3n) is 8.24. The maximum atomic E-state index is 13.2. The summed E-state index contributed by atoms with van der Waals surface area (Å²) in [7, 11) is 0. The van der Waals surface area contributed by atoms with Crippen LogP contribution in [0.15, 0.2) is 57.4 Å². The molecule has 236 valence electrons. The highest BCUT2D eigenvalue weighted by molar-refractivity contribution is 7.96. The van der Waals surface area contributed by atoms with Gasteiger partial charge in [0.05, 0.1) is 0 Å². The molecule has 1 saturated carbocycles. The zero-order valence-corrected chi connectivity index (χ0v) is 27.3. The minimum atomic E-state index is -0.139. The van der Waals surface area contributed by atoms with Crippen LogP contribution in [-0.2, 0) is 0 Å². The van der Waals surface area contributed by atoms with Gasteiger partial charge in [-0.2, -0.15) is 0 Å². The van der Waals surface area contributed by atoms with Crippen molar-refractivity contribution < 1.29 is 27.9 Å². The molecule has 0 saturated heterocycles. The first-order valence-electron chi connectivity index (χ1n) is 15.6. The summed E-state index contributed by atoms with van der Waals surface area (Å²) in [6.45, 7) is 10.6. The topological polar surface area (TPSA) is 103 Å². The van der Waals surface area contributed by atoms with Crippen molar-refractivity contribution in [3.05, 3.63) is 60.1 Å². The third-order valence-corrected chi connectivity index (χ3v) is 8.69. The largest absolute Gasteiger partial charge is 0.490 e. The number of benzene rings is 2. The molecule has 44 heavy (non-hydrogen) atoms. The maximum absolute atomic E-state index is 13.2. The Hall–Kier alpha value is -3.27. The molecule has 2 unspecified atom stereocenters. The summed E-state index contributed by atoms with van der Waals surface area (Å²) in [5.74, 6) is 2.13. The molecule has 0 radical (unpaired) electrons. The van der Waals surface area contributed by atoms with Crippen molar-refractivity contribution in [2.24, 2.45) is 11.8 Å². The molecule has 3 atom stereocenters. The fraction of sp³-hybridized carbons (Fsp3) is 0.486. The zero-order valence-electron chi connectivity index (χ0n) is 26.5. The van der Waals surface area contributed by atoms with Gasteiger partial charge in [-0.25, -0.2) is 0 Å². The Balaban J connectivity index is 1.05. The number of rotatable bonds is 16. The maximum Gasteiger partial charge on any atom is 0.200 e. The van der Waals surface area contributed by atoms with Crippen molar-refractivity contribution in [1.29, 1.82) is 0 Å². The second-order valence-electron chi connectivity index (χ2n) is 12.4. The summed E-state index contributed by atoms with van der Waals surface area (Å²) in [6, 6.07) is 15.7. The first-order chi connectivity index (χ1) is 21.1. The number of ether oxygens (including phenoxy) is 2. The van der Waals surface area contributed by atoms with E-state index >= 15 is 0 Å². The van der Waals surface area contributed by atoms with Crippen molar-refractivity contribution in [1.82, 2.24) is 10.0 Å². The molecule has 1 aliphatic carbocycles. The molecule has 0 bridgehead atoms. The Labute approximate surface area is 263 Å². The van der Waals surface area contributed by atoms with Crippen molar-refractivity contribution in [3.63, 3.8) is 0 Å². The van der Waals surface area contributed by atoms with Crippen LogP contribution in [0.5, 0.6) is 11.5 Å². The van der Waals surface area contributed by atoms with Gasteiger partial charge in [-0.3, -0.25) is 14.3 Å². The molecule has 0 amide bonds. The molecule has 2 aromatic heterocycles. The average Bonchev–Trinajstić information content (AvgIpc) is 3.60. The highest BCUT2D eigenvalue weighted by Crippen LogP contribution is 2.31. The minimum absolute atomic E-state index is 0.00359. The molecule has 9 heteroatoms. The molecule has 0 spiro atoms. The summed E-state index contributed by atoms with van der Waals surface area (Å²) in [4.78, 5) is 25.4. The lowest BCUT2D eigenvalue weighted by molar-refractivity contribution is 0.0790. The fourth-order valence-electron chi connectivity index (χ4n) is 5.54. The van der Waals surface area contributed by atoms with E-state index in [0.717, 1.165) is 54.5 Å². The van der Waals surface area contributed by atoms with E-state index in [4.69, 9.17) is 18.3 Å². The number of hydrogen-bond acceptors (Lipinski definition) is 9. The minimum Gasteiger partial charge on any atom is -0.490 e. The van der Waals surface area contributed by atoms with E-state index in [0.29, 0.717) is 28.7 Å². The van der Waals surface area contributed by atoms with Crippen LogP contribution in [0, 0.1) is 11.8 Å². The summed E-state index contributed by atoms with van der Waals surface area (Å²) in [6.07, 6.45) is 5.68. The Morgan fingerprint density at radius 1 is 0.864 bits per heavy atom. The van der Waals surface area contributed by atoms with Crippen molar-refractivity contribution in [2.75, 3.05) is 12.8 Å². The second kappa shape index (κ2) is 14.2. The Morgan fingerprint density at radius 3 is 2.11 bits per heavy atom. The molecule has 2 aromatic carbocycles. The van der Waals surface area contributed by atoms with Gasteiger partial charge in [0.1, 0.15) is 34.9 Å². The zero-order chi connectivity index (χ0) is 31.4. The van der Waals surface area contributed by atoms with Gasteiger partial charge < -0.3 is 23.6 Å². The molecular formula is C35H44N2O6S. The lowest BCUT2D eigenvalue weighted by Crippen LogP contribution is -2.49. The van der Waals surface area contributed by atoms with Gasteiger partial charge in [0.25, 0.3) is 0 Å². The third kappa shape index (κ3) is 7.86. The Bertz CT molecular complexity index is 1590. The smallest absolute Gasteiger partial charge is 0.200 e. The first kappa shape index (κ1) is 32.1. The van der Waals surface area contributed by atoms with Crippen LogP contribution in [0.3, 0.4) is 0 Å². The van der Waals surface area contributed by atoms with Crippen molar-refractivity contribution in [2.45, 2.75) is 84.6 Å². The van der Waals surface area contributed by atoms with E-state index in [9.17, 15) is 9.59 Å². The number of carbonyl (C=O) groups is 2. The summed E-state index contributed by atoms with van der Waals surface area (Å²) in [5.41, 5.74) is 1.38. The highest BCUT2D eigenvalue weighted by Gasteiger charge is 2.32. The quantitative estimate of drug-likeness (QED) is 0.0958. The van der Waals surface area contributed by atoms with Gasteiger partial charge in [-0.15, -0.1) is 0 Å². The van der Waals surface area contributed by atoms with Gasteiger partial charge in [0, 0.05) is 41.2 Å². The second-order valence-corrected chi connectivity index (χ2v) is 13.1. The van der Waals surface area contributed by atoms with Crippen LogP contribution in [-0.4, -0.2) is 48.7 Å². The highest BCUT2D eigenvalue weighted by atomic mass is 32.2. The molecule has 8 nitrogen and oxygen atoms in total. The van der Waals surface area contributed by atoms with E-state index in [2.05, 4.69) is 17.0 Å². The SMILES string of the molecule is CSNC[C@@H](C)Oc1ccc2oc(C(=O)C(C)CCC(C)NC3CC(Oc4ccc5oc(C(=O)C(C)C)cc5c4)C3)cc2c1.